The van der Waals surface area contributed by atoms with Crippen molar-refractivity contribution in [3.8, 4) is 0 Å². The number of hydrogen-bond donors (Lipinski definition) is 1. The van der Waals surface area contributed by atoms with Crippen LogP contribution in [0.2, 0.25) is 5.02 Å². The maximum absolute atomic E-state index is 13.2. The highest BCUT2D eigenvalue weighted by Gasteiger charge is 2.13. The number of aromatic nitrogens is 2. The molecule has 0 saturated heterocycles. The Hall–Kier alpha value is -1.55. The lowest BCUT2D eigenvalue weighted by Gasteiger charge is -2.28. The van der Waals surface area contributed by atoms with Gasteiger partial charge in [-0.1, -0.05) is 11.6 Å². The molecule has 96 valence electrons. The highest BCUT2D eigenvalue weighted by Crippen LogP contribution is 2.25. The molecule has 2 rings (SSSR count). The predicted octanol–water partition coefficient (Wildman–Crippen LogP) is 3.62. The molecule has 1 N–H and O–H groups in total. The number of rotatable bonds is 4. The predicted molar refractivity (Wildman–Crippen MR) is 71.3 cm³/mol. The van der Waals surface area contributed by atoms with Crippen LogP contribution in [0.15, 0.2) is 30.7 Å². The van der Waals surface area contributed by atoms with Crippen molar-refractivity contribution in [2.24, 2.45) is 0 Å². The minimum Gasteiger partial charge on any atom is -0.363 e. The Labute approximate surface area is 111 Å². The Morgan fingerprint density at radius 3 is 2.78 bits per heavy atom. The maximum Gasteiger partial charge on any atom is 0.141 e. The summed E-state index contributed by atoms with van der Waals surface area (Å²) >= 11 is 5.82. The molecule has 0 bridgehead atoms. The van der Waals surface area contributed by atoms with Gasteiger partial charge in [-0.2, -0.15) is 0 Å². The lowest BCUT2D eigenvalue weighted by atomic mass is 10.2. The number of halogens is 2. The Morgan fingerprint density at radius 1 is 1.44 bits per heavy atom. The second-order valence-corrected chi connectivity index (χ2v) is 4.80. The number of anilines is 1. The maximum atomic E-state index is 13.2. The third kappa shape index (κ3) is 2.82. The average molecular weight is 268 g/mol. The first-order valence-corrected chi connectivity index (χ1v) is 6.14. The molecule has 18 heavy (non-hydrogen) atoms. The Morgan fingerprint density at radius 2 is 2.22 bits per heavy atom. The Bertz CT molecular complexity index is 511. The molecule has 2 aromatic rings. The van der Waals surface area contributed by atoms with Gasteiger partial charge < -0.3 is 9.88 Å². The van der Waals surface area contributed by atoms with Crippen molar-refractivity contribution < 1.29 is 4.39 Å². The van der Waals surface area contributed by atoms with E-state index in [9.17, 15) is 4.39 Å². The zero-order valence-electron chi connectivity index (χ0n) is 10.3. The van der Waals surface area contributed by atoms with Crippen LogP contribution in [0.4, 0.5) is 10.1 Å². The van der Waals surface area contributed by atoms with E-state index >= 15 is 0 Å². The monoisotopic (exact) mass is 267 g/mol. The standard InChI is InChI=1S/C13H15ClFN3/c1-9(2)18(7-10-6-16-8-17-10)11-3-4-13(15)12(14)5-11/h3-6,8-9H,7H2,1-2H3,(H,16,17). The third-order valence-corrected chi connectivity index (χ3v) is 3.04. The van der Waals surface area contributed by atoms with Crippen LogP contribution in [0.3, 0.4) is 0 Å². The molecule has 0 atom stereocenters. The zero-order valence-corrected chi connectivity index (χ0v) is 11.1. The number of H-pyrrole nitrogens is 1. The van der Waals surface area contributed by atoms with Crippen LogP contribution in [-0.4, -0.2) is 16.0 Å². The van der Waals surface area contributed by atoms with Crippen molar-refractivity contribution in [3.63, 3.8) is 0 Å². The largest absolute Gasteiger partial charge is 0.363 e. The van der Waals surface area contributed by atoms with Gasteiger partial charge in [-0.3, -0.25) is 0 Å². The summed E-state index contributed by atoms with van der Waals surface area (Å²) in [5, 5.41) is 0.141. The Kier molecular flexibility index (Phi) is 3.87. The van der Waals surface area contributed by atoms with E-state index in [0.717, 1.165) is 11.4 Å². The van der Waals surface area contributed by atoms with Crippen LogP contribution in [0.5, 0.6) is 0 Å². The molecule has 5 heteroatoms. The molecule has 0 fully saturated rings. The van der Waals surface area contributed by atoms with Crippen LogP contribution in [0, 0.1) is 5.82 Å². The van der Waals surface area contributed by atoms with Crippen molar-refractivity contribution in [3.05, 3.63) is 47.3 Å². The average Bonchev–Trinajstić information content (AvgIpc) is 2.82. The first-order valence-electron chi connectivity index (χ1n) is 5.77. The normalized spacial score (nSPS) is 10.9. The van der Waals surface area contributed by atoms with Crippen LogP contribution in [0.1, 0.15) is 19.5 Å². The van der Waals surface area contributed by atoms with Crippen molar-refractivity contribution in [1.82, 2.24) is 9.97 Å². The van der Waals surface area contributed by atoms with Crippen LogP contribution < -0.4 is 4.90 Å². The van der Waals surface area contributed by atoms with Crippen molar-refractivity contribution in [2.45, 2.75) is 26.4 Å². The molecule has 1 aromatic carbocycles. The first kappa shape index (κ1) is 12.9. The van der Waals surface area contributed by atoms with Gasteiger partial charge >= 0.3 is 0 Å². The van der Waals surface area contributed by atoms with Gasteiger partial charge in [-0.25, -0.2) is 9.37 Å². The van der Waals surface area contributed by atoms with E-state index in [-0.39, 0.29) is 11.1 Å². The molecule has 1 aromatic heterocycles. The van der Waals surface area contributed by atoms with Crippen LogP contribution >= 0.6 is 11.6 Å². The van der Waals surface area contributed by atoms with Crippen LogP contribution in [-0.2, 0) is 6.54 Å². The van der Waals surface area contributed by atoms with Gasteiger partial charge in [0.15, 0.2) is 0 Å². The van der Waals surface area contributed by atoms with Gasteiger partial charge in [0, 0.05) is 17.9 Å². The van der Waals surface area contributed by atoms with E-state index < -0.39 is 5.82 Å². The molecular weight excluding hydrogens is 253 g/mol. The van der Waals surface area contributed by atoms with Crippen molar-refractivity contribution in [1.29, 1.82) is 0 Å². The second-order valence-electron chi connectivity index (χ2n) is 4.40. The van der Waals surface area contributed by atoms with Gasteiger partial charge in [0.05, 0.1) is 23.6 Å². The minimum atomic E-state index is -0.398. The van der Waals surface area contributed by atoms with E-state index in [1.165, 1.54) is 6.07 Å². The highest BCUT2D eigenvalue weighted by atomic mass is 35.5. The fourth-order valence-electron chi connectivity index (χ4n) is 1.79. The lowest BCUT2D eigenvalue weighted by molar-refractivity contribution is 0.625. The summed E-state index contributed by atoms with van der Waals surface area (Å²) < 4.78 is 13.2. The van der Waals surface area contributed by atoms with Crippen LogP contribution in [0.25, 0.3) is 0 Å². The number of nitrogens with one attached hydrogen (secondary N) is 1. The van der Waals surface area contributed by atoms with E-state index in [1.807, 2.05) is 0 Å². The van der Waals surface area contributed by atoms with Gasteiger partial charge in [0.25, 0.3) is 0 Å². The van der Waals surface area contributed by atoms with Gasteiger partial charge in [-0.05, 0) is 32.0 Å². The summed E-state index contributed by atoms with van der Waals surface area (Å²) in [5.74, 6) is -0.398. The molecule has 0 radical (unpaired) electrons. The summed E-state index contributed by atoms with van der Waals surface area (Å²) in [5.41, 5.74) is 1.90. The summed E-state index contributed by atoms with van der Waals surface area (Å²) in [6.45, 7) is 4.83. The highest BCUT2D eigenvalue weighted by molar-refractivity contribution is 6.31. The molecule has 0 aliphatic carbocycles. The molecule has 0 saturated carbocycles. The molecule has 0 amide bonds. The quantitative estimate of drug-likeness (QED) is 0.918. The van der Waals surface area contributed by atoms with E-state index in [0.29, 0.717) is 6.54 Å². The molecule has 0 unspecified atom stereocenters. The first-order chi connectivity index (χ1) is 8.58. The topological polar surface area (TPSA) is 31.9 Å². The number of imidazole rings is 1. The number of nitrogens with zero attached hydrogens (tertiary/aromatic N) is 2. The Balaban J connectivity index is 2.26. The molecule has 0 aliphatic rings. The second kappa shape index (κ2) is 5.40. The molecular formula is C13H15ClFN3. The molecule has 0 aliphatic heterocycles. The van der Waals surface area contributed by atoms with E-state index in [1.54, 1.807) is 24.7 Å². The minimum absolute atomic E-state index is 0.141. The summed E-state index contributed by atoms with van der Waals surface area (Å²) in [6, 6.07) is 5.04. The number of aromatic amines is 1. The summed E-state index contributed by atoms with van der Waals surface area (Å²) in [7, 11) is 0. The van der Waals surface area contributed by atoms with Crippen molar-refractivity contribution >= 4 is 17.3 Å². The fourth-order valence-corrected chi connectivity index (χ4v) is 1.97. The van der Waals surface area contributed by atoms with Gasteiger partial charge in [-0.15, -0.1) is 0 Å². The van der Waals surface area contributed by atoms with Gasteiger partial charge in [0.1, 0.15) is 5.82 Å². The van der Waals surface area contributed by atoms with Gasteiger partial charge in [0.2, 0.25) is 0 Å². The molecule has 0 spiro atoms. The lowest BCUT2D eigenvalue weighted by Crippen LogP contribution is -2.30. The van der Waals surface area contributed by atoms with E-state index in [2.05, 4.69) is 28.7 Å². The van der Waals surface area contributed by atoms with Crippen molar-refractivity contribution in [2.75, 3.05) is 4.90 Å². The molecule has 3 nitrogen and oxygen atoms in total. The number of benzene rings is 1. The SMILES string of the molecule is CC(C)N(Cc1cnc[nH]1)c1ccc(F)c(Cl)c1. The smallest absolute Gasteiger partial charge is 0.141 e. The third-order valence-electron chi connectivity index (χ3n) is 2.75. The summed E-state index contributed by atoms with van der Waals surface area (Å²) in [4.78, 5) is 9.17. The molecule has 1 heterocycles. The zero-order chi connectivity index (χ0) is 13.1. The number of hydrogen-bond acceptors (Lipinski definition) is 2. The summed E-state index contributed by atoms with van der Waals surface area (Å²) in [6.07, 6.45) is 3.42. The fraction of sp³-hybridized carbons (Fsp3) is 0.308. The van der Waals surface area contributed by atoms with E-state index in [4.69, 9.17) is 11.6 Å².